The van der Waals surface area contributed by atoms with Gasteiger partial charge in [-0.1, -0.05) is 12.1 Å². The van der Waals surface area contributed by atoms with Gasteiger partial charge in [0.25, 0.3) is 5.56 Å². The molecule has 2 aromatic carbocycles. The number of carbonyl (C=O) groups is 1. The molecule has 0 aliphatic carbocycles. The van der Waals surface area contributed by atoms with Crippen LogP contribution >= 0.6 is 0 Å². The van der Waals surface area contributed by atoms with Gasteiger partial charge in [-0.2, -0.15) is 0 Å². The second kappa shape index (κ2) is 9.17. The lowest BCUT2D eigenvalue weighted by Crippen LogP contribution is -2.47. The van der Waals surface area contributed by atoms with Crippen LogP contribution in [0.4, 0.5) is 16.3 Å². The normalized spacial score (nSPS) is 14.3. The molecule has 0 bridgehead atoms. The van der Waals surface area contributed by atoms with E-state index < -0.39 is 0 Å². The number of aryl methyl sites for hydroxylation is 1. The van der Waals surface area contributed by atoms with E-state index in [1.807, 2.05) is 29.2 Å². The highest BCUT2D eigenvalue weighted by molar-refractivity contribution is 5.89. The lowest BCUT2D eigenvalue weighted by atomic mass is 10.1. The molecule has 2 heterocycles. The Morgan fingerprint density at radius 1 is 1.06 bits per heavy atom. The third-order valence-corrected chi connectivity index (χ3v) is 5.74. The van der Waals surface area contributed by atoms with E-state index >= 15 is 0 Å². The molecule has 2 amide bonds. The summed E-state index contributed by atoms with van der Waals surface area (Å²) < 4.78 is 12.1. The Morgan fingerprint density at radius 3 is 2.50 bits per heavy atom. The number of para-hydroxylation sites is 2. The van der Waals surface area contributed by atoms with Crippen molar-refractivity contribution in [1.82, 2.24) is 14.9 Å². The Kier molecular flexibility index (Phi) is 6.16. The SMILES string of the molecule is COc1ccc(NC(=O)NC2CCN(c3nc4ccccc4n(C)c3=O)CC2)cc1OC. The van der Waals surface area contributed by atoms with Crippen LogP contribution in [0.1, 0.15) is 12.8 Å². The van der Waals surface area contributed by atoms with Crippen molar-refractivity contribution >= 4 is 28.6 Å². The van der Waals surface area contributed by atoms with Crippen LogP contribution in [-0.2, 0) is 7.05 Å². The summed E-state index contributed by atoms with van der Waals surface area (Å²) in [6.07, 6.45) is 1.44. The average molecular weight is 438 g/mol. The Morgan fingerprint density at radius 2 is 1.78 bits per heavy atom. The van der Waals surface area contributed by atoms with Gasteiger partial charge in [0.15, 0.2) is 17.3 Å². The zero-order chi connectivity index (χ0) is 22.7. The van der Waals surface area contributed by atoms with Crippen LogP contribution in [-0.4, -0.2) is 48.9 Å². The fourth-order valence-electron chi connectivity index (χ4n) is 3.97. The van der Waals surface area contributed by atoms with Crippen molar-refractivity contribution in [3.8, 4) is 11.5 Å². The first-order chi connectivity index (χ1) is 15.5. The van der Waals surface area contributed by atoms with Gasteiger partial charge >= 0.3 is 6.03 Å². The van der Waals surface area contributed by atoms with Gasteiger partial charge in [0.1, 0.15) is 0 Å². The van der Waals surface area contributed by atoms with Gasteiger partial charge in [-0.05, 0) is 37.1 Å². The van der Waals surface area contributed by atoms with E-state index in [2.05, 4.69) is 15.6 Å². The summed E-state index contributed by atoms with van der Waals surface area (Å²) in [7, 11) is 4.88. The number of nitrogens with one attached hydrogen (secondary N) is 2. The molecule has 0 saturated carbocycles. The van der Waals surface area contributed by atoms with Crippen LogP contribution in [0.5, 0.6) is 11.5 Å². The van der Waals surface area contributed by atoms with Gasteiger partial charge in [0.2, 0.25) is 0 Å². The maximum atomic E-state index is 12.8. The summed E-state index contributed by atoms with van der Waals surface area (Å²) >= 11 is 0. The zero-order valence-electron chi connectivity index (χ0n) is 18.4. The first-order valence-corrected chi connectivity index (χ1v) is 10.5. The summed E-state index contributed by atoms with van der Waals surface area (Å²) in [5.41, 5.74) is 2.10. The molecule has 0 unspecified atom stereocenters. The van der Waals surface area contributed by atoms with Crippen LogP contribution in [0, 0.1) is 0 Å². The highest BCUT2D eigenvalue weighted by Gasteiger charge is 2.24. The molecule has 1 aliphatic heterocycles. The summed E-state index contributed by atoms with van der Waals surface area (Å²) in [4.78, 5) is 31.9. The standard InChI is InChI=1S/C23H27N5O4/c1-27-18-7-5-4-6-17(18)26-21(22(27)29)28-12-10-15(11-13-28)24-23(30)25-16-8-9-19(31-2)20(14-16)32-3/h4-9,14-15H,10-13H2,1-3H3,(H2,24,25,30). The monoisotopic (exact) mass is 437 g/mol. The minimum Gasteiger partial charge on any atom is -0.493 e. The molecule has 1 aromatic heterocycles. The molecular weight excluding hydrogens is 410 g/mol. The third kappa shape index (κ3) is 4.32. The van der Waals surface area contributed by atoms with E-state index in [9.17, 15) is 9.59 Å². The van der Waals surface area contributed by atoms with Crippen LogP contribution in [0.15, 0.2) is 47.3 Å². The number of benzene rings is 2. The molecule has 168 valence electrons. The number of piperidine rings is 1. The molecule has 32 heavy (non-hydrogen) atoms. The highest BCUT2D eigenvalue weighted by atomic mass is 16.5. The number of hydrogen-bond donors (Lipinski definition) is 2. The number of ether oxygens (including phenoxy) is 2. The van der Waals surface area contributed by atoms with Crippen molar-refractivity contribution in [2.75, 3.05) is 37.5 Å². The van der Waals surface area contributed by atoms with Crippen molar-refractivity contribution in [1.29, 1.82) is 0 Å². The predicted molar refractivity (Wildman–Crippen MR) is 124 cm³/mol. The van der Waals surface area contributed by atoms with Crippen molar-refractivity contribution in [2.45, 2.75) is 18.9 Å². The largest absolute Gasteiger partial charge is 0.493 e. The molecule has 1 aliphatic rings. The molecule has 3 aromatic rings. The molecule has 0 atom stereocenters. The van der Waals surface area contributed by atoms with Crippen LogP contribution in [0.25, 0.3) is 11.0 Å². The maximum absolute atomic E-state index is 12.8. The summed E-state index contributed by atoms with van der Waals surface area (Å²) in [6, 6.07) is 12.5. The molecular formula is C23H27N5O4. The van der Waals surface area contributed by atoms with Gasteiger partial charge in [-0.3, -0.25) is 4.79 Å². The van der Waals surface area contributed by atoms with Gasteiger partial charge in [-0.25, -0.2) is 9.78 Å². The summed E-state index contributed by atoms with van der Waals surface area (Å²) in [6.45, 7) is 1.28. The lowest BCUT2D eigenvalue weighted by molar-refractivity contribution is 0.246. The Bertz CT molecular complexity index is 1180. The van der Waals surface area contributed by atoms with E-state index in [0.29, 0.717) is 36.1 Å². The summed E-state index contributed by atoms with van der Waals surface area (Å²) in [5.74, 6) is 1.60. The van der Waals surface area contributed by atoms with Gasteiger partial charge < -0.3 is 29.6 Å². The quantitative estimate of drug-likeness (QED) is 0.637. The van der Waals surface area contributed by atoms with Gasteiger partial charge in [-0.15, -0.1) is 0 Å². The lowest BCUT2D eigenvalue weighted by Gasteiger charge is -2.33. The number of rotatable bonds is 5. The number of urea groups is 1. The minimum absolute atomic E-state index is 0.00991. The number of hydrogen-bond acceptors (Lipinski definition) is 6. The Hall–Kier alpha value is -3.75. The Labute approximate surface area is 186 Å². The van der Waals surface area contributed by atoms with E-state index in [1.165, 1.54) is 0 Å². The molecule has 1 fully saturated rings. The highest BCUT2D eigenvalue weighted by Crippen LogP contribution is 2.29. The number of carbonyl (C=O) groups excluding carboxylic acids is 1. The van der Waals surface area contributed by atoms with Gasteiger partial charge in [0, 0.05) is 37.9 Å². The number of methoxy groups -OCH3 is 2. The molecule has 9 nitrogen and oxygen atoms in total. The van der Waals surface area contributed by atoms with Crippen molar-refractivity contribution in [3.63, 3.8) is 0 Å². The van der Waals surface area contributed by atoms with E-state index in [-0.39, 0.29) is 17.6 Å². The number of anilines is 2. The van der Waals surface area contributed by atoms with E-state index in [1.54, 1.807) is 44.0 Å². The summed E-state index contributed by atoms with van der Waals surface area (Å²) in [5, 5.41) is 5.84. The number of amides is 2. The van der Waals surface area contributed by atoms with Crippen LogP contribution in [0.2, 0.25) is 0 Å². The predicted octanol–water partition coefficient (Wildman–Crippen LogP) is 2.74. The molecule has 4 rings (SSSR count). The van der Waals surface area contributed by atoms with E-state index in [4.69, 9.17) is 9.47 Å². The van der Waals surface area contributed by atoms with Crippen molar-refractivity contribution in [3.05, 3.63) is 52.8 Å². The Balaban J connectivity index is 1.37. The molecule has 1 saturated heterocycles. The van der Waals surface area contributed by atoms with E-state index in [0.717, 1.165) is 23.9 Å². The number of nitrogens with zero attached hydrogens (tertiary/aromatic N) is 3. The fourth-order valence-corrected chi connectivity index (χ4v) is 3.97. The third-order valence-electron chi connectivity index (χ3n) is 5.74. The first-order valence-electron chi connectivity index (χ1n) is 10.5. The molecule has 0 radical (unpaired) electrons. The number of aromatic nitrogens is 2. The van der Waals surface area contributed by atoms with Crippen LogP contribution < -0.4 is 30.6 Å². The molecule has 9 heteroatoms. The molecule has 2 N–H and O–H groups in total. The maximum Gasteiger partial charge on any atom is 0.319 e. The van der Waals surface area contributed by atoms with Crippen molar-refractivity contribution < 1.29 is 14.3 Å². The first kappa shape index (κ1) is 21.5. The smallest absolute Gasteiger partial charge is 0.319 e. The topological polar surface area (TPSA) is 97.7 Å². The molecule has 0 spiro atoms. The second-order valence-electron chi connectivity index (χ2n) is 7.72. The fraction of sp³-hybridized carbons (Fsp3) is 0.348. The minimum atomic E-state index is -0.282. The average Bonchev–Trinajstić information content (AvgIpc) is 2.82. The van der Waals surface area contributed by atoms with Crippen LogP contribution in [0.3, 0.4) is 0 Å². The van der Waals surface area contributed by atoms with Crippen molar-refractivity contribution in [2.24, 2.45) is 7.05 Å². The zero-order valence-corrected chi connectivity index (χ0v) is 18.4. The number of fused-ring (bicyclic) bond motifs is 1. The van der Waals surface area contributed by atoms with Gasteiger partial charge in [0.05, 0.1) is 25.3 Å². The second-order valence-corrected chi connectivity index (χ2v) is 7.72.